The second-order valence-electron chi connectivity index (χ2n) is 7.15. The van der Waals surface area contributed by atoms with Crippen LogP contribution in [0.1, 0.15) is 18.2 Å². The van der Waals surface area contributed by atoms with Crippen LogP contribution >= 0.6 is 11.3 Å². The zero-order valence-corrected chi connectivity index (χ0v) is 18.9. The molecule has 8 nitrogen and oxygen atoms in total. The van der Waals surface area contributed by atoms with Gasteiger partial charge in [0.1, 0.15) is 5.82 Å². The summed E-state index contributed by atoms with van der Waals surface area (Å²) in [5.74, 6) is -0.349. The van der Waals surface area contributed by atoms with Gasteiger partial charge in [0.25, 0.3) is 0 Å². The van der Waals surface area contributed by atoms with Crippen molar-refractivity contribution >= 4 is 37.9 Å². The number of hydrogen-bond acceptors (Lipinski definition) is 6. The van der Waals surface area contributed by atoms with Crippen molar-refractivity contribution in [3.8, 4) is 11.4 Å². The molecule has 0 radical (unpaired) electrons. The predicted molar refractivity (Wildman–Crippen MR) is 121 cm³/mol. The fraction of sp³-hybridized carbons (Fsp3) is 0.190. The lowest BCUT2D eigenvalue weighted by atomic mass is 10.2. The molecule has 4 rings (SSSR count). The van der Waals surface area contributed by atoms with Gasteiger partial charge in [-0.15, -0.1) is 16.4 Å². The molecule has 0 fully saturated rings. The number of thiazole rings is 1. The molecule has 0 atom stereocenters. The number of anilines is 1. The molecule has 0 aliphatic carbocycles. The number of aryl methyl sites for hydroxylation is 1. The lowest BCUT2D eigenvalue weighted by molar-refractivity contribution is -0.114. The van der Waals surface area contributed by atoms with Crippen molar-refractivity contribution in [2.24, 2.45) is 0 Å². The molecule has 2 N–H and O–H groups in total. The normalized spacial score (nSPS) is 11.7. The van der Waals surface area contributed by atoms with Gasteiger partial charge in [-0.25, -0.2) is 22.0 Å². The van der Waals surface area contributed by atoms with Crippen molar-refractivity contribution in [2.45, 2.75) is 25.2 Å². The van der Waals surface area contributed by atoms with Gasteiger partial charge in [0.15, 0.2) is 5.82 Å². The highest BCUT2D eigenvalue weighted by molar-refractivity contribution is 7.89. The molecule has 0 bridgehead atoms. The monoisotopic (exact) mass is 473 g/mol. The molecule has 0 unspecified atom stereocenters. The van der Waals surface area contributed by atoms with Crippen molar-refractivity contribution in [1.82, 2.24) is 19.3 Å². The quantitative estimate of drug-likeness (QED) is 0.428. The third kappa shape index (κ3) is 4.54. The molecule has 4 aromatic rings. The SMILES string of the molecule is CC(=O)Nc1ccc(S(=O)(=O)NCCc2csc3nc(-c4ccccc4F)nn23)c(C)c1. The highest BCUT2D eigenvalue weighted by atomic mass is 32.2. The predicted octanol–water partition coefficient (Wildman–Crippen LogP) is 3.38. The van der Waals surface area contributed by atoms with E-state index in [9.17, 15) is 17.6 Å². The van der Waals surface area contributed by atoms with Crippen LogP contribution in [0.2, 0.25) is 0 Å². The van der Waals surface area contributed by atoms with E-state index in [1.54, 1.807) is 41.8 Å². The summed E-state index contributed by atoms with van der Waals surface area (Å²) in [5, 5.41) is 8.87. The van der Waals surface area contributed by atoms with Crippen LogP contribution in [0.4, 0.5) is 10.1 Å². The van der Waals surface area contributed by atoms with Crippen molar-refractivity contribution in [1.29, 1.82) is 0 Å². The number of sulfonamides is 1. The number of aromatic nitrogens is 3. The van der Waals surface area contributed by atoms with E-state index in [0.29, 0.717) is 28.2 Å². The van der Waals surface area contributed by atoms with E-state index in [-0.39, 0.29) is 23.2 Å². The van der Waals surface area contributed by atoms with Crippen LogP contribution in [-0.4, -0.2) is 35.5 Å². The van der Waals surface area contributed by atoms with Gasteiger partial charge in [-0.1, -0.05) is 12.1 Å². The summed E-state index contributed by atoms with van der Waals surface area (Å²) in [6.07, 6.45) is 0.377. The number of hydrogen-bond donors (Lipinski definition) is 2. The van der Waals surface area contributed by atoms with Crippen molar-refractivity contribution in [3.63, 3.8) is 0 Å². The number of carbonyl (C=O) groups is 1. The highest BCUT2D eigenvalue weighted by Crippen LogP contribution is 2.23. The topological polar surface area (TPSA) is 105 Å². The Kier molecular flexibility index (Phi) is 6.04. The zero-order chi connectivity index (χ0) is 22.9. The van der Waals surface area contributed by atoms with Crippen LogP contribution in [0.3, 0.4) is 0 Å². The summed E-state index contributed by atoms with van der Waals surface area (Å²) in [4.78, 5) is 16.3. The molecule has 1 amide bonds. The van der Waals surface area contributed by atoms with Gasteiger partial charge in [0, 0.05) is 31.0 Å². The van der Waals surface area contributed by atoms with Gasteiger partial charge in [-0.3, -0.25) is 4.79 Å². The fourth-order valence-electron chi connectivity index (χ4n) is 3.28. The maximum atomic E-state index is 14.0. The van der Waals surface area contributed by atoms with Gasteiger partial charge in [0.2, 0.25) is 20.9 Å². The number of nitrogens with one attached hydrogen (secondary N) is 2. The van der Waals surface area contributed by atoms with Crippen LogP contribution in [0, 0.1) is 12.7 Å². The Hall–Kier alpha value is -3.15. The first-order valence-corrected chi connectivity index (χ1v) is 12.1. The molecule has 0 aliphatic heterocycles. The highest BCUT2D eigenvalue weighted by Gasteiger charge is 2.18. The average Bonchev–Trinajstić information content (AvgIpc) is 3.29. The Morgan fingerprint density at radius 3 is 2.72 bits per heavy atom. The first-order chi connectivity index (χ1) is 15.2. The fourth-order valence-corrected chi connectivity index (χ4v) is 5.39. The summed E-state index contributed by atoms with van der Waals surface area (Å²) in [5.41, 5.74) is 2.13. The third-order valence-electron chi connectivity index (χ3n) is 4.72. The number of benzene rings is 2. The Labute approximate surface area is 188 Å². The lowest BCUT2D eigenvalue weighted by Crippen LogP contribution is -2.27. The molecule has 11 heteroatoms. The summed E-state index contributed by atoms with van der Waals surface area (Å²) >= 11 is 1.35. The standard InChI is InChI=1S/C21H20FN5O3S2/c1-13-11-15(24-14(2)28)7-8-19(13)32(29,30)23-10-9-16-12-31-21-25-20(26-27(16)21)17-5-3-4-6-18(17)22/h3-8,11-12,23H,9-10H2,1-2H3,(H,24,28). The minimum atomic E-state index is -3.74. The smallest absolute Gasteiger partial charge is 0.240 e. The number of rotatable bonds is 7. The van der Waals surface area contributed by atoms with Crippen molar-refractivity contribution in [2.75, 3.05) is 11.9 Å². The molecule has 2 aromatic heterocycles. The summed E-state index contributed by atoms with van der Waals surface area (Å²) in [6, 6.07) is 10.9. The van der Waals surface area contributed by atoms with E-state index in [1.807, 2.05) is 5.38 Å². The Bertz CT molecular complexity index is 1410. The lowest BCUT2D eigenvalue weighted by Gasteiger charge is -2.11. The molecular formula is C21H20FN5O3S2. The van der Waals surface area contributed by atoms with Gasteiger partial charge < -0.3 is 5.32 Å². The second kappa shape index (κ2) is 8.77. The number of nitrogens with zero attached hydrogens (tertiary/aromatic N) is 3. The largest absolute Gasteiger partial charge is 0.326 e. The van der Waals surface area contributed by atoms with Gasteiger partial charge in [-0.2, -0.15) is 4.98 Å². The van der Waals surface area contributed by atoms with Gasteiger partial charge in [0.05, 0.1) is 16.2 Å². The molecule has 0 aliphatic rings. The molecule has 166 valence electrons. The summed E-state index contributed by atoms with van der Waals surface area (Å²) < 4.78 is 43.7. The zero-order valence-electron chi connectivity index (χ0n) is 17.3. The van der Waals surface area contributed by atoms with E-state index >= 15 is 0 Å². The van der Waals surface area contributed by atoms with Gasteiger partial charge >= 0.3 is 0 Å². The van der Waals surface area contributed by atoms with Crippen LogP contribution in [0.5, 0.6) is 0 Å². The number of amides is 1. The Morgan fingerprint density at radius 1 is 1.22 bits per heavy atom. The minimum Gasteiger partial charge on any atom is -0.326 e. The first kappa shape index (κ1) is 22.1. The van der Waals surface area contributed by atoms with Crippen LogP contribution in [0.15, 0.2) is 52.7 Å². The summed E-state index contributed by atoms with van der Waals surface area (Å²) in [6.45, 7) is 3.20. The molecule has 2 heterocycles. The van der Waals surface area contributed by atoms with Crippen molar-refractivity contribution in [3.05, 3.63) is 64.9 Å². The molecule has 2 aromatic carbocycles. The van der Waals surface area contributed by atoms with Crippen LogP contribution in [-0.2, 0) is 21.2 Å². The average molecular weight is 474 g/mol. The van der Waals surface area contributed by atoms with E-state index in [2.05, 4.69) is 20.1 Å². The molecule has 0 spiro atoms. The number of fused-ring (bicyclic) bond motifs is 1. The summed E-state index contributed by atoms with van der Waals surface area (Å²) in [7, 11) is -3.74. The molecular weight excluding hydrogens is 453 g/mol. The van der Waals surface area contributed by atoms with Gasteiger partial charge in [-0.05, 0) is 42.8 Å². The third-order valence-corrected chi connectivity index (χ3v) is 7.21. The number of carbonyl (C=O) groups excluding carboxylic acids is 1. The maximum absolute atomic E-state index is 14.0. The van der Waals surface area contributed by atoms with E-state index in [1.165, 1.54) is 30.4 Å². The molecule has 0 saturated heterocycles. The first-order valence-electron chi connectivity index (χ1n) is 9.70. The van der Waals surface area contributed by atoms with E-state index in [4.69, 9.17) is 0 Å². The number of halogens is 1. The minimum absolute atomic E-state index is 0.143. The molecule has 0 saturated carbocycles. The maximum Gasteiger partial charge on any atom is 0.240 e. The second-order valence-corrected chi connectivity index (χ2v) is 9.72. The van der Waals surface area contributed by atoms with E-state index < -0.39 is 15.8 Å². The van der Waals surface area contributed by atoms with Crippen LogP contribution < -0.4 is 10.0 Å². The Morgan fingerprint density at radius 2 is 2.00 bits per heavy atom. The molecule has 32 heavy (non-hydrogen) atoms. The van der Waals surface area contributed by atoms with Crippen molar-refractivity contribution < 1.29 is 17.6 Å². The van der Waals surface area contributed by atoms with Crippen LogP contribution in [0.25, 0.3) is 16.3 Å². The van der Waals surface area contributed by atoms with E-state index in [0.717, 1.165) is 5.69 Å². The Balaban J connectivity index is 1.47.